The lowest BCUT2D eigenvalue weighted by molar-refractivity contribution is 1.58. The first kappa shape index (κ1) is 19.5. The lowest BCUT2D eigenvalue weighted by atomic mass is 9.84. The second-order valence-corrected chi connectivity index (χ2v) is 10.8. The minimum Gasteiger partial charge on any atom is -0.0622 e. The molecule has 0 atom stereocenters. The summed E-state index contributed by atoms with van der Waals surface area (Å²) < 4.78 is 64.6. The van der Waals surface area contributed by atoms with E-state index in [1.54, 1.807) is 0 Å². The predicted octanol–water partition coefficient (Wildman–Crippen LogP) is 12.3. The Morgan fingerprint density at radius 3 is 1.34 bits per heavy atom. The molecule has 8 aromatic rings. The molecule has 0 unspecified atom stereocenters. The van der Waals surface area contributed by atoms with Crippen molar-refractivity contribution in [3.63, 3.8) is 0 Å². The SMILES string of the molecule is [2H]c1c([2H])c([2H])c2c(-c3ccccc3)c3c([2H])c(-c4ccccc4)c([2H])c([2H])c3c(-c3cccc(-c4ccc(-c5ccccc5)cc4)c3)c2c1[2H]. The molecule has 0 nitrogen and oxygen atoms in total. The summed E-state index contributed by atoms with van der Waals surface area (Å²) in [6.45, 7) is 0. The van der Waals surface area contributed by atoms with Gasteiger partial charge in [0.1, 0.15) is 0 Å². The summed E-state index contributed by atoms with van der Waals surface area (Å²) in [5.74, 6) is 0. The highest BCUT2D eigenvalue weighted by molar-refractivity contribution is 6.22. The molecule has 0 radical (unpaired) electrons. The first-order valence-electron chi connectivity index (χ1n) is 18.1. The quantitative estimate of drug-likeness (QED) is 0.182. The molecule has 0 saturated heterocycles. The third kappa shape index (κ3) is 4.68. The summed E-state index contributed by atoms with van der Waals surface area (Å²) in [5, 5.41) is 1.20. The third-order valence-corrected chi connectivity index (χ3v) is 8.10. The molecule has 44 heavy (non-hydrogen) atoms. The molecule has 0 aliphatic heterocycles. The van der Waals surface area contributed by atoms with Crippen LogP contribution in [0.3, 0.4) is 0 Å². The van der Waals surface area contributed by atoms with E-state index in [-0.39, 0.29) is 53.1 Å². The van der Waals surface area contributed by atoms with Crippen molar-refractivity contribution in [1.29, 1.82) is 0 Å². The minimum absolute atomic E-state index is 0.0271. The van der Waals surface area contributed by atoms with Gasteiger partial charge in [-0.15, -0.1) is 0 Å². The summed E-state index contributed by atoms with van der Waals surface area (Å²) in [4.78, 5) is 0. The van der Waals surface area contributed by atoms with Crippen molar-refractivity contribution in [2.45, 2.75) is 0 Å². The zero-order valence-corrected chi connectivity index (χ0v) is 23.8. The van der Waals surface area contributed by atoms with E-state index in [9.17, 15) is 6.85 Å². The fraction of sp³-hybridized carbons (Fsp3) is 0. The molecule has 8 aromatic carbocycles. The van der Waals surface area contributed by atoms with E-state index in [1.807, 2.05) is 115 Å². The summed E-state index contributed by atoms with van der Waals surface area (Å²) >= 11 is 0. The summed E-state index contributed by atoms with van der Waals surface area (Å²) in [6.07, 6.45) is 0. The maximum atomic E-state index is 9.73. The first-order chi connectivity index (χ1) is 24.8. The Bertz CT molecular complexity index is 2620. The van der Waals surface area contributed by atoms with E-state index in [0.717, 1.165) is 22.3 Å². The largest absolute Gasteiger partial charge is 0.0636 e. The summed E-state index contributed by atoms with van der Waals surface area (Å²) in [7, 11) is 0. The van der Waals surface area contributed by atoms with Gasteiger partial charge in [0, 0.05) is 0 Å². The van der Waals surface area contributed by atoms with Crippen LogP contribution in [0.15, 0.2) is 182 Å². The highest BCUT2D eigenvalue weighted by Crippen LogP contribution is 2.45. The van der Waals surface area contributed by atoms with Crippen LogP contribution in [0.1, 0.15) is 9.60 Å². The molecule has 8 rings (SSSR count). The standard InChI is InChI=1S/C44H30/c1-4-13-31(14-5-1)33-23-25-34(26-24-33)36-19-12-20-38(29-36)44-40-22-11-10-21-39(40)43(35-17-8-3-9-18-35)42-30-37(27-28-41(42)44)32-15-6-2-7-16-32/h1-30H/i10D,11D,21D,22D,27D,28D,30D. The van der Waals surface area contributed by atoms with Crippen molar-refractivity contribution < 1.29 is 9.60 Å². The van der Waals surface area contributed by atoms with Crippen molar-refractivity contribution >= 4 is 21.5 Å². The topological polar surface area (TPSA) is 0 Å². The summed E-state index contributed by atoms with van der Waals surface area (Å²) in [6, 6.07) is 43.1. The van der Waals surface area contributed by atoms with Gasteiger partial charge in [-0.25, -0.2) is 0 Å². The maximum Gasteiger partial charge on any atom is 0.0636 e. The van der Waals surface area contributed by atoms with Gasteiger partial charge in [0.15, 0.2) is 0 Å². The minimum atomic E-state index is -0.385. The summed E-state index contributed by atoms with van der Waals surface area (Å²) in [5.41, 5.74) is 7.07. The lowest BCUT2D eigenvalue weighted by Gasteiger charge is -2.19. The zero-order chi connectivity index (χ0) is 35.4. The van der Waals surface area contributed by atoms with Crippen LogP contribution >= 0.6 is 0 Å². The second-order valence-electron chi connectivity index (χ2n) is 10.8. The fourth-order valence-corrected chi connectivity index (χ4v) is 5.99. The molecular formula is C44H30. The monoisotopic (exact) mass is 565 g/mol. The molecule has 0 bridgehead atoms. The smallest absolute Gasteiger partial charge is 0.0622 e. The number of fused-ring (bicyclic) bond motifs is 2. The molecule has 0 fully saturated rings. The van der Waals surface area contributed by atoms with Gasteiger partial charge >= 0.3 is 0 Å². The van der Waals surface area contributed by atoms with Crippen LogP contribution in [0.25, 0.3) is 77.2 Å². The number of hydrogen-bond donors (Lipinski definition) is 0. The van der Waals surface area contributed by atoms with E-state index < -0.39 is 0 Å². The molecule has 0 spiro atoms. The zero-order valence-electron chi connectivity index (χ0n) is 30.8. The van der Waals surface area contributed by atoms with Crippen LogP contribution in [-0.4, -0.2) is 0 Å². The molecule has 0 heteroatoms. The Kier molecular flexibility index (Phi) is 4.94. The molecule has 0 saturated carbocycles. The van der Waals surface area contributed by atoms with Crippen LogP contribution in [0.5, 0.6) is 0 Å². The average molecular weight is 566 g/mol. The second kappa shape index (κ2) is 11.2. The van der Waals surface area contributed by atoms with Crippen molar-refractivity contribution in [1.82, 2.24) is 0 Å². The van der Waals surface area contributed by atoms with Gasteiger partial charge in [0.05, 0.1) is 9.60 Å². The van der Waals surface area contributed by atoms with Crippen molar-refractivity contribution in [3.8, 4) is 55.6 Å². The first-order valence-corrected chi connectivity index (χ1v) is 14.6. The van der Waals surface area contributed by atoms with Crippen LogP contribution in [-0.2, 0) is 0 Å². The number of hydrogen-bond acceptors (Lipinski definition) is 0. The maximum absolute atomic E-state index is 9.73. The van der Waals surface area contributed by atoms with Gasteiger partial charge < -0.3 is 0 Å². The Labute approximate surface area is 268 Å². The Hall–Kier alpha value is -5.72. The van der Waals surface area contributed by atoms with E-state index >= 15 is 0 Å². The number of rotatable bonds is 5. The third-order valence-electron chi connectivity index (χ3n) is 8.10. The Morgan fingerprint density at radius 2 is 0.727 bits per heavy atom. The number of benzene rings is 8. The Balaban J connectivity index is 1.51. The van der Waals surface area contributed by atoms with Crippen molar-refractivity contribution in [2.24, 2.45) is 0 Å². The van der Waals surface area contributed by atoms with Crippen LogP contribution in [0, 0.1) is 0 Å². The van der Waals surface area contributed by atoms with Crippen molar-refractivity contribution in [3.05, 3.63) is 182 Å². The van der Waals surface area contributed by atoms with Crippen LogP contribution in [0.4, 0.5) is 0 Å². The molecule has 0 aliphatic carbocycles. The van der Waals surface area contributed by atoms with Gasteiger partial charge in [-0.1, -0.05) is 170 Å². The average Bonchev–Trinajstić information content (AvgIpc) is 3.18. The van der Waals surface area contributed by atoms with E-state index in [1.165, 1.54) is 0 Å². The van der Waals surface area contributed by atoms with Gasteiger partial charge in [-0.3, -0.25) is 0 Å². The van der Waals surface area contributed by atoms with Gasteiger partial charge in [0.2, 0.25) is 0 Å². The van der Waals surface area contributed by atoms with E-state index in [0.29, 0.717) is 44.2 Å². The van der Waals surface area contributed by atoms with Gasteiger partial charge in [-0.2, -0.15) is 0 Å². The van der Waals surface area contributed by atoms with E-state index in [4.69, 9.17) is 2.74 Å². The molecule has 0 aliphatic rings. The molecule has 0 heterocycles. The normalized spacial score (nSPS) is 13.4. The Morgan fingerprint density at radius 1 is 0.295 bits per heavy atom. The molecular weight excluding hydrogens is 528 g/mol. The van der Waals surface area contributed by atoms with Crippen molar-refractivity contribution in [2.75, 3.05) is 0 Å². The molecule has 0 N–H and O–H groups in total. The molecule has 0 aromatic heterocycles. The van der Waals surface area contributed by atoms with Crippen LogP contribution < -0.4 is 0 Å². The lowest BCUT2D eigenvalue weighted by Crippen LogP contribution is -1.92. The van der Waals surface area contributed by atoms with Gasteiger partial charge in [0.25, 0.3) is 0 Å². The molecule has 0 amide bonds. The van der Waals surface area contributed by atoms with Gasteiger partial charge in [-0.05, 0) is 89.3 Å². The fourth-order valence-electron chi connectivity index (χ4n) is 5.99. The predicted molar refractivity (Wildman–Crippen MR) is 189 cm³/mol. The highest BCUT2D eigenvalue weighted by atomic mass is 14.2. The highest BCUT2D eigenvalue weighted by Gasteiger charge is 2.17. The van der Waals surface area contributed by atoms with Crippen LogP contribution in [0.2, 0.25) is 0 Å². The van der Waals surface area contributed by atoms with E-state index in [2.05, 4.69) is 24.3 Å². The molecule has 206 valence electrons.